The molecule has 1 atom stereocenters. The smallest absolute Gasteiger partial charge is 0.328 e. The summed E-state index contributed by atoms with van der Waals surface area (Å²) in [6.07, 6.45) is 2.09. The summed E-state index contributed by atoms with van der Waals surface area (Å²) in [5, 5.41) is 0. The number of carbonyl (C=O) groups excluding carboxylic acids is 1. The molecule has 1 aromatic carbocycles. The van der Waals surface area contributed by atoms with Gasteiger partial charge in [0.2, 0.25) is 5.91 Å². The van der Waals surface area contributed by atoms with Gasteiger partial charge in [-0.25, -0.2) is 4.79 Å². The Morgan fingerprint density at radius 1 is 1.26 bits per heavy atom. The van der Waals surface area contributed by atoms with Gasteiger partial charge in [0.05, 0.1) is 20.6 Å². The Morgan fingerprint density at radius 3 is 2.74 bits per heavy atom. The molecule has 2 heterocycles. The summed E-state index contributed by atoms with van der Waals surface area (Å²) in [5.74, 6) is 1.51. The van der Waals surface area contributed by atoms with Crippen LogP contribution in [0.25, 0.3) is 0 Å². The lowest BCUT2D eigenvalue weighted by Crippen LogP contribution is -2.37. The van der Waals surface area contributed by atoms with Crippen LogP contribution in [0.2, 0.25) is 0 Å². The second-order valence-electron chi connectivity index (χ2n) is 6.59. The first-order valence-electron chi connectivity index (χ1n) is 8.72. The number of aromatic amines is 1. The van der Waals surface area contributed by atoms with Crippen molar-refractivity contribution < 1.29 is 14.3 Å². The molecular weight excluding hydrogens is 350 g/mol. The monoisotopic (exact) mass is 373 g/mol. The van der Waals surface area contributed by atoms with Gasteiger partial charge in [0.1, 0.15) is 11.5 Å². The van der Waals surface area contributed by atoms with E-state index in [1.807, 2.05) is 18.2 Å². The van der Waals surface area contributed by atoms with Crippen LogP contribution in [-0.4, -0.2) is 47.7 Å². The van der Waals surface area contributed by atoms with Gasteiger partial charge in [-0.15, -0.1) is 0 Å². The summed E-state index contributed by atoms with van der Waals surface area (Å²) in [6, 6.07) is 5.64. The second kappa shape index (κ2) is 7.69. The highest BCUT2D eigenvalue weighted by Crippen LogP contribution is 2.36. The molecule has 2 aromatic rings. The summed E-state index contributed by atoms with van der Waals surface area (Å²) < 4.78 is 11.7. The SMILES string of the molecule is COc1ccc(OC)c(C2CCN(C(=O)Cc3c[nH]c(=O)n(C)c3=O)C2)c1. The van der Waals surface area contributed by atoms with Gasteiger partial charge in [0, 0.05) is 43.4 Å². The number of ether oxygens (including phenoxy) is 2. The molecule has 8 heteroatoms. The van der Waals surface area contributed by atoms with Crippen molar-refractivity contribution in [2.75, 3.05) is 27.3 Å². The van der Waals surface area contributed by atoms with Crippen molar-refractivity contribution in [2.45, 2.75) is 18.8 Å². The summed E-state index contributed by atoms with van der Waals surface area (Å²) in [4.78, 5) is 40.4. The highest BCUT2D eigenvalue weighted by atomic mass is 16.5. The number of H-pyrrole nitrogens is 1. The van der Waals surface area contributed by atoms with E-state index in [-0.39, 0.29) is 23.8 Å². The summed E-state index contributed by atoms with van der Waals surface area (Å²) in [5.41, 5.74) is 0.344. The molecule has 1 aliphatic rings. The summed E-state index contributed by atoms with van der Waals surface area (Å²) in [6.45, 7) is 1.15. The lowest BCUT2D eigenvalue weighted by molar-refractivity contribution is -0.129. The van der Waals surface area contributed by atoms with E-state index in [1.165, 1.54) is 13.2 Å². The van der Waals surface area contributed by atoms with E-state index in [0.717, 1.165) is 28.1 Å². The fourth-order valence-electron chi connectivity index (χ4n) is 3.42. The Morgan fingerprint density at radius 2 is 2.04 bits per heavy atom. The van der Waals surface area contributed by atoms with Gasteiger partial charge in [-0.05, 0) is 24.6 Å². The van der Waals surface area contributed by atoms with Crippen molar-refractivity contribution in [3.8, 4) is 11.5 Å². The standard InChI is InChI=1S/C19H23N3O5/c1-21-18(24)13(10-20-19(21)25)8-17(23)22-7-6-12(11-22)15-9-14(26-2)4-5-16(15)27-3/h4-5,9-10,12H,6-8,11H2,1-3H3,(H,20,25). The average molecular weight is 373 g/mol. The van der Waals surface area contributed by atoms with Crippen LogP contribution in [0.15, 0.2) is 34.0 Å². The highest BCUT2D eigenvalue weighted by molar-refractivity contribution is 5.79. The molecule has 1 fully saturated rings. The number of nitrogens with one attached hydrogen (secondary N) is 1. The highest BCUT2D eigenvalue weighted by Gasteiger charge is 2.29. The van der Waals surface area contributed by atoms with Gasteiger partial charge in [-0.2, -0.15) is 0 Å². The van der Waals surface area contributed by atoms with Crippen LogP contribution in [-0.2, 0) is 18.3 Å². The first-order chi connectivity index (χ1) is 12.9. The van der Waals surface area contributed by atoms with E-state index in [4.69, 9.17) is 9.47 Å². The van der Waals surface area contributed by atoms with Crippen LogP contribution in [0.5, 0.6) is 11.5 Å². The number of benzene rings is 1. The molecule has 27 heavy (non-hydrogen) atoms. The van der Waals surface area contributed by atoms with Crippen molar-refractivity contribution in [3.05, 3.63) is 56.4 Å². The minimum atomic E-state index is -0.498. The van der Waals surface area contributed by atoms with Crippen LogP contribution < -0.4 is 20.7 Å². The Labute approximate surface area is 156 Å². The third kappa shape index (κ3) is 3.74. The maximum absolute atomic E-state index is 12.6. The normalized spacial score (nSPS) is 16.4. The fraction of sp³-hybridized carbons (Fsp3) is 0.421. The molecule has 3 rings (SSSR count). The van der Waals surface area contributed by atoms with Gasteiger partial charge in [-0.3, -0.25) is 14.2 Å². The second-order valence-corrected chi connectivity index (χ2v) is 6.59. The van der Waals surface area contributed by atoms with Gasteiger partial charge < -0.3 is 19.4 Å². The van der Waals surface area contributed by atoms with E-state index in [9.17, 15) is 14.4 Å². The summed E-state index contributed by atoms with van der Waals surface area (Å²) >= 11 is 0. The van der Waals surface area contributed by atoms with Gasteiger partial charge in [0.25, 0.3) is 5.56 Å². The van der Waals surface area contributed by atoms with E-state index < -0.39 is 11.2 Å². The maximum atomic E-state index is 12.6. The summed E-state index contributed by atoms with van der Waals surface area (Å²) in [7, 11) is 4.62. The van der Waals surface area contributed by atoms with Crippen LogP contribution in [0, 0.1) is 0 Å². The minimum Gasteiger partial charge on any atom is -0.497 e. The van der Waals surface area contributed by atoms with Crippen LogP contribution >= 0.6 is 0 Å². The van der Waals surface area contributed by atoms with Crippen molar-refractivity contribution in [1.29, 1.82) is 0 Å². The number of likely N-dealkylation sites (tertiary alicyclic amines) is 1. The molecule has 1 N–H and O–H groups in total. The van der Waals surface area contributed by atoms with Crippen LogP contribution in [0.1, 0.15) is 23.5 Å². The predicted octanol–water partition coefficient (Wildman–Crippen LogP) is 0.649. The van der Waals surface area contributed by atoms with Gasteiger partial charge >= 0.3 is 5.69 Å². The zero-order valence-corrected chi connectivity index (χ0v) is 15.7. The molecule has 0 radical (unpaired) electrons. The predicted molar refractivity (Wildman–Crippen MR) is 99.5 cm³/mol. The topological polar surface area (TPSA) is 93.6 Å². The van der Waals surface area contributed by atoms with Gasteiger partial charge in [-0.1, -0.05) is 0 Å². The third-order valence-electron chi connectivity index (χ3n) is 5.01. The Kier molecular flexibility index (Phi) is 5.34. The lowest BCUT2D eigenvalue weighted by Gasteiger charge is -2.18. The van der Waals surface area contributed by atoms with Crippen molar-refractivity contribution in [2.24, 2.45) is 7.05 Å². The van der Waals surface area contributed by atoms with Crippen molar-refractivity contribution in [3.63, 3.8) is 0 Å². The maximum Gasteiger partial charge on any atom is 0.328 e. The Hall–Kier alpha value is -3.03. The molecule has 1 saturated heterocycles. The first kappa shape index (κ1) is 18.8. The van der Waals surface area contributed by atoms with Crippen molar-refractivity contribution in [1.82, 2.24) is 14.5 Å². The number of rotatable bonds is 5. The van der Waals surface area contributed by atoms with E-state index in [2.05, 4.69) is 4.98 Å². The largest absolute Gasteiger partial charge is 0.497 e. The molecule has 1 amide bonds. The lowest BCUT2D eigenvalue weighted by atomic mass is 9.97. The molecule has 1 unspecified atom stereocenters. The number of aromatic nitrogens is 2. The van der Waals surface area contributed by atoms with Crippen LogP contribution in [0.3, 0.4) is 0 Å². The van der Waals surface area contributed by atoms with Gasteiger partial charge in [0.15, 0.2) is 0 Å². The molecule has 0 saturated carbocycles. The number of hydrogen-bond acceptors (Lipinski definition) is 5. The third-order valence-corrected chi connectivity index (χ3v) is 5.01. The molecule has 144 valence electrons. The quantitative estimate of drug-likeness (QED) is 0.831. The fourth-order valence-corrected chi connectivity index (χ4v) is 3.42. The Bertz CT molecular complexity index is 963. The van der Waals surface area contributed by atoms with E-state index in [0.29, 0.717) is 13.1 Å². The van der Waals surface area contributed by atoms with E-state index >= 15 is 0 Å². The minimum absolute atomic E-state index is 0.0363. The Balaban J connectivity index is 1.75. The number of methoxy groups -OCH3 is 2. The molecular formula is C19H23N3O5. The average Bonchev–Trinajstić information content (AvgIpc) is 3.18. The van der Waals surface area contributed by atoms with E-state index in [1.54, 1.807) is 19.1 Å². The first-order valence-corrected chi connectivity index (χ1v) is 8.72. The molecule has 1 aromatic heterocycles. The number of nitrogens with zero attached hydrogens (tertiary/aromatic N) is 2. The van der Waals surface area contributed by atoms with Crippen molar-refractivity contribution >= 4 is 5.91 Å². The number of hydrogen-bond donors (Lipinski definition) is 1. The molecule has 0 spiro atoms. The number of amides is 1. The molecule has 8 nitrogen and oxygen atoms in total. The molecule has 1 aliphatic heterocycles. The number of carbonyl (C=O) groups is 1. The zero-order chi connectivity index (χ0) is 19.6. The molecule has 0 aliphatic carbocycles. The molecule has 0 bridgehead atoms. The zero-order valence-electron chi connectivity index (χ0n) is 15.7. The van der Waals surface area contributed by atoms with Crippen LogP contribution in [0.4, 0.5) is 0 Å².